The van der Waals surface area contributed by atoms with Crippen LogP contribution in [0.2, 0.25) is 0 Å². The average Bonchev–Trinajstić information content (AvgIpc) is 3.17. The smallest absolute Gasteiger partial charge is 0.387 e. The summed E-state index contributed by atoms with van der Waals surface area (Å²) in [5, 5.41) is 10.8. The van der Waals surface area contributed by atoms with Crippen LogP contribution in [-0.4, -0.2) is 28.4 Å². The molecule has 2 aromatic carbocycles. The van der Waals surface area contributed by atoms with Crippen LogP contribution < -0.4 is 10.2 Å². The summed E-state index contributed by atoms with van der Waals surface area (Å²) in [6.45, 7) is -1.19. The van der Waals surface area contributed by atoms with Gasteiger partial charge in [0.25, 0.3) is 5.91 Å². The summed E-state index contributed by atoms with van der Waals surface area (Å²) in [6, 6.07) is 17.0. The molecule has 0 saturated carbocycles. The number of aromatic amines is 1. The lowest BCUT2D eigenvalue weighted by atomic mass is 10.1. The summed E-state index contributed by atoms with van der Waals surface area (Å²) in [5.74, 6) is -0.391. The zero-order valence-electron chi connectivity index (χ0n) is 14.3. The number of nitrogens with zero attached hydrogens (tertiary/aromatic N) is 2. The minimum absolute atomic E-state index is 0.0523. The van der Waals surface area contributed by atoms with Crippen molar-refractivity contribution in [1.29, 1.82) is 0 Å². The highest BCUT2D eigenvalue weighted by molar-refractivity contribution is 6.00. The lowest BCUT2D eigenvalue weighted by Gasteiger charge is -2.06. The van der Waals surface area contributed by atoms with Gasteiger partial charge in [-0.1, -0.05) is 30.3 Å². The van der Waals surface area contributed by atoms with Crippen molar-refractivity contribution >= 4 is 11.6 Å². The van der Waals surface area contributed by atoms with Gasteiger partial charge in [0, 0.05) is 5.56 Å². The molecular weight excluding hydrogens is 354 g/mol. The van der Waals surface area contributed by atoms with Crippen LogP contribution >= 0.6 is 0 Å². The Morgan fingerprint density at radius 3 is 2.52 bits per heavy atom. The van der Waals surface area contributed by atoms with Gasteiger partial charge in [-0.25, -0.2) is 5.43 Å². The maximum atomic E-state index is 12.2. The van der Waals surface area contributed by atoms with Crippen molar-refractivity contribution in [2.24, 2.45) is 5.10 Å². The minimum Gasteiger partial charge on any atom is -0.435 e. The number of ether oxygens (including phenoxy) is 1. The maximum Gasteiger partial charge on any atom is 0.387 e. The van der Waals surface area contributed by atoms with Crippen molar-refractivity contribution in [1.82, 2.24) is 15.6 Å². The van der Waals surface area contributed by atoms with Crippen molar-refractivity contribution < 1.29 is 18.3 Å². The molecular formula is C19H16F2N4O2. The van der Waals surface area contributed by atoms with Gasteiger partial charge in [0.15, 0.2) is 0 Å². The standard InChI is InChI=1S/C19H16F2N4O2/c1-12(13-7-9-15(10-8-13)27-19(20)21)22-25-18(26)17-11-16(23-24-17)14-5-3-2-4-6-14/h2-11,19H,1H3,(H,23,24)(H,25,26)/b22-12-. The molecule has 0 radical (unpaired) electrons. The molecule has 6 nitrogen and oxygen atoms in total. The van der Waals surface area contributed by atoms with E-state index >= 15 is 0 Å². The molecule has 27 heavy (non-hydrogen) atoms. The summed E-state index contributed by atoms with van der Waals surface area (Å²) in [5.41, 5.74) is 5.41. The van der Waals surface area contributed by atoms with E-state index in [1.165, 1.54) is 12.1 Å². The summed E-state index contributed by atoms with van der Waals surface area (Å²) in [7, 11) is 0. The number of carbonyl (C=O) groups is 1. The van der Waals surface area contributed by atoms with Gasteiger partial charge >= 0.3 is 6.61 Å². The molecule has 0 saturated heterocycles. The second-order valence-electron chi connectivity index (χ2n) is 5.57. The number of hydrogen-bond acceptors (Lipinski definition) is 4. The Kier molecular flexibility index (Phi) is 5.55. The normalized spacial score (nSPS) is 11.5. The number of alkyl halides is 2. The molecule has 8 heteroatoms. The molecule has 3 rings (SSSR count). The van der Waals surface area contributed by atoms with Gasteiger partial charge in [-0.15, -0.1) is 0 Å². The number of benzene rings is 2. The number of amides is 1. The largest absolute Gasteiger partial charge is 0.435 e. The molecule has 1 heterocycles. The molecule has 138 valence electrons. The molecule has 3 aromatic rings. The van der Waals surface area contributed by atoms with Crippen molar-refractivity contribution in [2.75, 3.05) is 0 Å². The molecule has 0 aliphatic heterocycles. The second kappa shape index (κ2) is 8.22. The second-order valence-corrected chi connectivity index (χ2v) is 5.57. The summed E-state index contributed by atoms with van der Waals surface area (Å²) >= 11 is 0. The maximum absolute atomic E-state index is 12.2. The van der Waals surface area contributed by atoms with Gasteiger partial charge < -0.3 is 4.74 Å². The van der Waals surface area contributed by atoms with E-state index in [0.717, 1.165) is 5.56 Å². The summed E-state index contributed by atoms with van der Waals surface area (Å²) in [6.07, 6.45) is 0. The first-order valence-electron chi connectivity index (χ1n) is 8.03. The Morgan fingerprint density at radius 1 is 1.15 bits per heavy atom. The zero-order chi connectivity index (χ0) is 19.2. The van der Waals surface area contributed by atoms with Gasteiger partial charge in [0.05, 0.1) is 11.4 Å². The van der Waals surface area contributed by atoms with Crippen molar-refractivity contribution in [2.45, 2.75) is 13.5 Å². The van der Waals surface area contributed by atoms with E-state index in [2.05, 4.69) is 25.5 Å². The third kappa shape index (κ3) is 4.75. The van der Waals surface area contributed by atoms with Crippen LogP contribution in [0.4, 0.5) is 8.78 Å². The van der Waals surface area contributed by atoms with Crippen LogP contribution in [-0.2, 0) is 0 Å². The Bertz CT molecular complexity index is 938. The van der Waals surface area contributed by atoms with E-state index in [9.17, 15) is 13.6 Å². The average molecular weight is 370 g/mol. The van der Waals surface area contributed by atoms with Crippen LogP contribution in [0.25, 0.3) is 11.3 Å². The quantitative estimate of drug-likeness (QED) is 0.511. The fraction of sp³-hybridized carbons (Fsp3) is 0.105. The van der Waals surface area contributed by atoms with E-state index in [1.54, 1.807) is 25.1 Å². The molecule has 1 aromatic heterocycles. The predicted molar refractivity (Wildman–Crippen MR) is 96.8 cm³/mol. The molecule has 0 aliphatic rings. The van der Waals surface area contributed by atoms with Crippen LogP contribution in [0.5, 0.6) is 5.75 Å². The highest BCUT2D eigenvalue weighted by Gasteiger charge is 2.11. The Morgan fingerprint density at radius 2 is 1.85 bits per heavy atom. The third-order valence-corrected chi connectivity index (χ3v) is 3.71. The van der Waals surface area contributed by atoms with Crippen LogP contribution in [0.3, 0.4) is 0 Å². The van der Waals surface area contributed by atoms with Gasteiger partial charge in [-0.05, 0) is 42.8 Å². The molecule has 0 bridgehead atoms. The van der Waals surface area contributed by atoms with E-state index in [4.69, 9.17) is 0 Å². The van der Waals surface area contributed by atoms with Crippen molar-refractivity contribution in [3.63, 3.8) is 0 Å². The van der Waals surface area contributed by atoms with E-state index in [0.29, 0.717) is 17.0 Å². The van der Waals surface area contributed by atoms with Gasteiger partial charge in [0.2, 0.25) is 0 Å². The molecule has 2 N–H and O–H groups in total. The lowest BCUT2D eigenvalue weighted by molar-refractivity contribution is -0.0498. The Labute approximate surface area is 153 Å². The minimum atomic E-state index is -2.87. The lowest BCUT2D eigenvalue weighted by Crippen LogP contribution is -2.19. The fourth-order valence-corrected chi connectivity index (χ4v) is 2.33. The number of carbonyl (C=O) groups excluding carboxylic acids is 1. The van der Waals surface area contributed by atoms with Crippen LogP contribution in [0, 0.1) is 0 Å². The predicted octanol–water partition coefficient (Wildman–Crippen LogP) is 3.83. The number of aromatic nitrogens is 2. The highest BCUT2D eigenvalue weighted by Crippen LogP contribution is 2.17. The fourth-order valence-electron chi connectivity index (χ4n) is 2.33. The molecule has 0 aliphatic carbocycles. The number of nitrogens with one attached hydrogen (secondary N) is 2. The van der Waals surface area contributed by atoms with Crippen molar-refractivity contribution in [3.8, 4) is 17.0 Å². The first-order chi connectivity index (χ1) is 13.0. The van der Waals surface area contributed by atoms with E-state index in [-0.39, 0.29) is 11.4 Å². The monoisotopic (exact) mass is 370 g/mol. The first-order valence-corrected chi connectivity index (χ1v) is 8.03. The van der Waals surface area contributed by atoms with Gasteiger partial charge in [-0.2, -0.15) is 19.0 Å². The first kappa shape index (κ1) is 18.2. The number of halogens is 2. The number of H-pyrrole nitrogens is 1. The van der Waals surface area contributed by atoms with Gasteiger partial charge in [0.1, 0.15) is 11.4 Å². The third-order valence-electron chi connectivity index (χ3n) is 3.71. The molecule has 0 spiro atoms. The number of rotatable bonds is 6. The van der Waals surface area contributed by atoms with Crippen LogP contribution in [0.1, 0.15) is 23.0 Å². The number of hydrogen-bond donors (Lipinski definition) is 2. The topological polar surface area (TPSA) is 79.4 Å². The molecule has 0 fully saturated rings. The molecule has 0 atom stereocenters. The summed E-state index contributed by atoms with van der Waals surface area (Å²) in [4.78, 5) is 12.2. The summed E-state index contributed by atoms with van der Waals surface area (Å²) < 4.78 is 28.6. The Hall–Kier alpha value is -3.55. The number of hydrazone groups is 1. The molecule has 0 unspecified atom stereocenters. The van der Waals surface area contributed by atoms with Crippen LogP contribution in [0.15, 0.2) is 65.8 Å². The van der Waals surface area contributed by atoms with Gasteiger partial charge in [-0.3, -0.25) is 9.89 Å². The SMILES string of the molecule is C/C(=N/NC(=O)c1cc(-c2ccccc2)n[nH]1)c1ccc(OC(F)F)cc1. The molecule has 1 amide bonds. The van der Waals surface area contributed by atoms with Crippen molar-refractivity contribution in [3.05, 3.63) is 71.9 Å². The highest BCUT2D eigenvalue weighted by atomic mass is 19.3. The van der Waals surface area contributed by atoms with E-state index < -0.39 is 12.5 Å². The zero-order valence-corrected chi connectivity index (χ0v) is 14.3. The Balaban J connectivity index is 1.65. The van der Waals surface area contributed by atoms with E-state index in [1.807, 2.05) is 30.3 Å².